The average molecular weight is 348 g/mol. The van der Waals surface area contributed by atoms with E-state index in [4.69, 9.17) is 14.5 Å². The van der Waals surface area contributed by atoms with E-state index in [1.165, 1.54) is 5.56 Å². The second-order valence-corrected chi connectivity index (χ2v) is 6.58. The monoisotopic (exact) mass is 347 g/mol. The van der Waals surface area contributed by atoms with Gasteiger partial charge < -0.3 is 19.7 Å². The van der Waals surface area contributed by atoms with Crippen molar-refractivity contribution in [3.05, 3.63) is 29.8 Å². The summed E-state index contributed by atoms with van der Waals surface area (Å²) in [6, 6.07) is 8.15. The number of hydrogen-bond donors (Lipinski definition) is 1. The van der Waals surface area contributed by atoms with Crippen molar-refractivity contribution in [2.75, 3.05) is 32.8 Å². The van der Waals surface area contributed by atoms with Gasteiger partial charge in [0.1, 0.15) is 11.9 Å². The van der Waals surface area contributed by atoms with Crippen molar-refractivity contribution in [1.82, 2.24) is 10.2 Å². The van der Waals surface area contributed by atoms with Crippen LogP contribution in [0.4, 0.5) is 0 Å². The maximum absolute atomic E-state index is 5.99. The fourth-order valence-corrected chi connectivity index (χ4v) is 3.07. The predicted molar refractivity (Wildman–Crippen MR) is 103 cm³/mol. The number of benzene rings is 1. The molecule has 0 saturated carbocycles. The molecule has 0 bridgehead atoms. The van der Waals surface area contributed by atoms with E-state index in [0.29, 0.717) is 12.6 Å². The van der Waals surface area contributed by atoms with Crippen molar-refractivity contribution >= 4 is 5.96 Å². The standard InChI is InChI=1S/C20H33N3O2/c1-5-21-20(23-12-10-18(11-13-23)24-6-2)22-15-17(4)25-19-9-7-8-16(3)14-19/h7-9,14,17-18H,5-6,10-13,15H2,1-4H3,(H,21,22). The van der Waals surface area contributed by atoms with Crippen molar-refractivity contribution in [2.24, 2.45) is 4.99 Å². The Hall–Kier alpha value is -1.75. The molecule has 5 heteroatoms. The van der Waals surface area contributed by atoms with Gasteiger partial charge in [0.25, 0.3) is 0 Å². The van der Waals surface area contributed by atoms with Gasteiger partial charge in [-0.05, 0) is 58.2 Å². The summed E-state index contributed by atoms with van der Waals surface area (Å²) in [6.07, 6.45) is 2.56. The highest BCUT2D eigenvalue weighted by molar-refractivity contribution is 5.80. The van der Waals surface area contributed by atoms with Gasteiger partial charge in [0.05, 0.1) is 12.6 Å². The molecule has 1 unspecified atom stereocenters. The summed E-state index contributed by atoms with van der Waals surface area (Å²) in [5.41, 5.74) is 1.21. The molecule has 0 amide bonds. The van der Waals surface area contributed by atoms with Crippen molar-refractivity contribution in [3.63, 3.8) is 0 Å². The van der Waals surface area contributed by atoms with E-state index in [1.54, 1.807) is 0 Å². The maximum atomic E-state index is 5.99. The summed E-state index contributed by atoms with van der Waals surface area (Å²) in [6.45, 7) is 12.6. The molecule has 1 aliphatic rings. The van der Waals surface area contributed by atoms with Crippen LogP contribution in [0.1, 0.15) is 39.2 Å². The number of rotatable bonds is 7. The Labute approximate surface area is 152 Å². The first-order chi connectivity index (χ1) is 12.1. The van der Waals surface area contributed by atoms with Gasteiger partial charge in [-0.15, -0.1) is 0 Å². The molecule has 140 valence electrons. The summed E-state index contributed by atoms with van der Waals surface area (Å²) in [5, 5.41) is 3.41. The summed E-state index contributed by atoms with van der Waals surface area (Å²) in [7, 11) is 0. The minimum Gasteiger partial charge on any atom is -0.489 e. The Kier molecular flexibility index (Phi) is 8.06. The molecule has 0 aromatic heterocycles. The van der Waals surface area contributed by atoms with Crippen molar-refractivity contribution in [1.29, 1.82) is 0 Å². The smallest absolute Gasteiger partial charge is 0.194 e. The highest BCUT2D eigenvalue weighted by Crippen LogP contribution is 2.15. The number of hydrogen-bond acceptors (Lipinski definition) is 3. The fourth-order valence-electron chi connectivity index (χ4n) is 3.07. The van der Waals surface area contributed by atoms with Gasteiger partial charge >= 0.3 is 0 Å². The lowest BCUT2D eigenvalue weighted by atomic mass is 10.1. The molecule has 0 aliphatic carbocycles. The van der Waals surface area contributed by atoms with Crippen LogP contribution in [0.25, 0.3) is 0 Å². The van der Waals surface area contributed by atoms with Crippen molar-refractivity contribution in [3.8, 4) is 5.75 Å². The van der Waals surface area contributed by atoms with Crippen LogP contribution in [-0.2, 0) is 4.74 Å². The predicted octanol–water partition coefficient (Wildman–Crippen LogP) is 3.23. The molecule has 1 aromatic carbocycles. The highest BCUT2D eigenvalue weighted by Gasteiger charge is 2.21. The first kappa shape index (κ1) is 19.6. The zero-order valence-electron chi connectivity index (χ0n) is 16.1. The third-order valence-corrected chi connectivity index (χ3v) is 4.30. The molecule has 2 rings (SSSR count). The van der Waals surface area contributed by atoms with E-state index in [-0.39, 0.29) is 6.10 Å². The van der Waals surface area contributed by atoms with Gasteiger partial charge in [-0.25, -0.2) is 4.99 Å². The minimum atomic E-state index is 0.0384. The third-order valence-electron chi connectivity index (χ3n) is 4.30. The van der Waals surface area contributed by atoms with Crippen LogP contribution >= 0.6 is 0 Å². The lowest BCUT2D eigenvalue weighted by Gasteiger charge is -2.34. The van der Waals surface area contributed by atoms with E-state index in [9.17, 15) is 0 Å². The number of nitrogens with zero attached hydrogens (tertiary/aromatic N) is 2. The lowest BCUT2D eigenvalue weighted by molar-refractivity contribution is 0.0263. The van der Waals surface area contributed by atoms with Crippen LogP contribution in [0.3, 0.4) is 0 Å². The summed E-state index contributed by atoms with van der Waals surface area (Å²) in [4.78, 5) is 7.12. The molecule has 1 fully saturated rings. The van der Waals surface area contributed by atoms with Crippen LogP contribution in [0.15, 0.2) is 29.3 Å². The van der Waals surface area contributed by atoms with Crippen LogP contribution in [-0.4, -0.2) is 55.9 Å². The summed E-state index contributed by atoms with van der Waals surface area (Å²) < 4.78 is 11.7. The molecule has 0 spiro atoms. The molecule has 1 aliphatic heterocycles. The van der Waals surface area contributed by atoms with E-state index in [1.807, 2.05) is 12.1 Å². The molecule has 1 N–H and O–H groups in total. The number of piperidine rings is 1. The Morgan fingerprint density at radius 2 is 2.08 bits per heavy atom. The quantitative estimate of drug-likeness (QED) is 0.608. The van der Waals surface area contributed by atoms with Crippen LogP contribution in [0, 0.1) is 6.92 Å². The van der Waals surface area contributed by atoms with Crippen molar-refractivity contribution < 1.29 is 9.47 Å². The first-order valence-corrected chi connectivity index (χ1v) is 9.50. The molecular formula is C20H33N3O2. The van der Waals surface area contributed by atoms with Crippen LogP contribution < -0.4 is 10.1 Å². The van der Waals surface area contributed by atoms with Gasteiger partial charge in [-0.1, -0.05) is 12.1 Å². The Balaban J connectivity index is 1.88. The number of aryl methyl sites for hydroxylation is 1. The van der Waals surface area contributed by atoms with E-state index >= 15 is 0 Å². The largest absolute Gasteiger partial charge is 0.489 e. The number of guanidine groups is 1. The molecule has 25 heavy (non-hydrogen) atoms. The van der Waals surface area contributed by atoms with E-state index in [2.05, 4.69) is 50.0 Å². The van der Waals surface area contributed by atoms with Gasteiger partial charge in [-0.2, -0.15) is 0 Å². The second kappa shape index (κ2) is 10.3. The summed E-state index contributed by atoms with van der Waals surface area (Å²) in [5.74, 6) is 1.89. The lowest BCUT2D eigenvalue weighted by Crippen LogP contribution is -2.47. The first-order valence-electron chi connectivity index (χ1n) is 9.50. The second-order valence-electron chi connectivity index (χ2n) is 6.58. The highest BCUT2D eigenvalue weighted by atomic mass is 16.5. The van der Waals surface area contributed by atoms with Gasteiger partial charge in [-0.3, -0.25) is 0 Å². The zero-order chi connectivity index (χ0) is 18.1. The van der Waals surface area contributed by atoms with Gasteiger partial charge in [0.15, 0.2) is 5.96 Å². The zero-order valence-corrected chi connectivity index (χ0v) is 16.1. The Bertz CT molecular complexity index is 539. The molecule has 1 heterocycles. The number of aliphatic imine (C=N–C) groups is 1. The fraction of sp³-hybridized carbons (Fsp3) is 0.650. The topological polar surface area (TPSA) is 46.1 Å². The van der Waals surface area contributed by atoms with Crippen LogP contribution in [0.2, 0.25) is 0 Å². The number of likely N-dealkylation sites (tertiary alicyclic amines) is 1. The normalized spacial score (nSPS) is 17.4. The van der Waals surface area contributed by atoms with E-state index in [0.717, 1.165) is 50.8 Å². The third kappa shape index (κ3) is 6.58. The molecule has 5 nitrogen and oxygen atoms in total. The van der Waals surface area contributed by atoms with Crippen molar-refractivity contribution in [2.45, 2.75) is 52.7 Å². The molecular weight excluding hydrogens is 314 g/mol. The maximum Gasteiger partial charge on any atom is 0.194 e. The van der Waals surface area contributed by atoms with Crippen LogP contribution in [0.5, 0.6) is 5.75 Å². The molecule has 0 radical (unpaired) electrons. The van der Waals surface area contributed by atoms with E-state index < -0.39 is 0 Å². The SMILES string of the molecule is CCNC(=NCC(C)Oc1cccc(C)c1)N1CCC(OCC)CC1. The van der Waals surface area contributed by atoms with Gasteiger partial charge in [0, 0.05) is 26.2 Å². The Morgan fingerprint density at radius 3 is 2.72 bits per heavy atom. The van der Waals surface area contributed by atoms with Gasteiger partial charge in [0.2, 0.25) is 0 Å². The molecule has 1 aromatic rings. The molecule has 1 saturated heterocycles. The summed E-state index contributed by atoms with van der Waals surface area (Å²) >= 11 is 0. The average Bonchev–Trinajstić information content (AvgIpc) is 2.60. The Morgan fingerprint density at radius 1 is 1.32 bits per heavy atom. The molecule has 1 atom stereocenters. The minimum absolute atomic E-state index is 0.0384. The number of nitrogens with one attached hydrogen (secondary N) is 1. The number of ether oxygens (including phenoxy) is 2.